The normalized spacial score (nSPS) is 11.9. The summed E-state index contributed by atoms with van der Waals surface area (Å²) in [5.74, 6) is 1.06. The van der Waals surface area contributed by atoms with Crippen molar-refractivity contribution in [1.82, 2.24) is 14.5 Å². The van der Waals surface area contributed by atoms with Gasteiger partial charge in [-0.1, -0.05) is 43.1 Å². The van der Waals surface area contributed by atoms with Crippen LogP contribution in [-0.4, -0.2) is 34.0 Å². The van der Waals surface area contributed by atoms with Gasteiger partial charge >= 0.3 is 0 Å². The van der Waals surface area contributed by atoms with E-state index in [-0.39, 0.29) is 11.5 Å². The van der Waals surface area contributed by atoms with Crippen LogP contribution in [0.2, 0.25) is 5.02 Å². The SMILES string of the molecule is CCCCN(C(=O)c1ccccc1C)C(C)c1nc2cc(Cl)ccc2c(=O)n1-c1ccc(OC)cc1. The number of hydrogen-bond donors (Lipinski definition) is 0. The second-order valence-electron chi connectivity index (χ2n) is 8.81. The molecule has 0 saturated carbocycles. The minimum atomic E-state index is -0.484. The highest BCUT2D eigenvalue weighted by molar-refractivity contribution is 6.31. The van der Waals surface area contributed by atoms with Crippen LogP contribution in [0.4, 0.5) is 0 Å². The van der Waals surface area contributed by atoms with Crippen molar-refractivity contribution in [2.45, 2.75) is 39.7 Å². The third-order valence-electron chi connectivity index (χ3n) is 6.42. The van der Waals surface area contributed by atoms with Gasteiger partial charge in [0.05, 0.1) is 29.7 Å². The van der Waals surface area contributed by atoms with Crippen molar-refractivity contribution in [2.24, 2.45) is 0 Å². The number of rotatable bonds is 8. The second kappa shape index (κ2) is 11.0. The molecule has 6 nitrogen and oxygen atoms in total. The van der Waals surface area contributed by atoms with Crippen molar-refractivity contribution >= 4 is 28.4 Å². The molecule has 0 aliphatic carbocycles. The van der Waals surface area contributed by atoms with Crippen LogP contribution < -0.4 is 10.3 Å². The van der Waals surface area contributed by atoms with Crippen molar-refractivity contribution in [3.63, 3.8) is 0 Å². The van der Waals surface area contributed by atoms with Crippen LogP contribution in [0.3, 0.4) is 0 Å². The molecule has 0 saturated heterocycles. The van der Waals surface area contributed by atoms with Crippen LogP contribution in [0, 0.1) is 6.92 Å². The Labute approximate surface area is 216 Å². The first kappa shape index (κ1) is 25.5. The highest BCUT2D eigenvalue weighted by Gasteiger charge is 2.28. The third kappa shape index (κ3) is 5.00. The number of halogens is 1. The molecule has 0 bridgehead atoms. The van der Waals surface area contributed by atoms with Crippen LogP contribution in [0.1, 0.15) is 54.5 Å². The minimum Gasteiger partial charge on any atom is -0.497 e. The fourth-order valence-electron chi connectivity index (χ4n) is 4.34. The lowest BCUT2D eigenvalue weighted by molar-refractivity contribution is 0.0677. The van der Waals surface area contributed by atoms with E-state index < -0.39 is 6.04 Å². The number of unbranched alkanes of at least 4 members (excludes halogenated alkanes) is 1. The summed E-state index contributed by atoms with van der Waals surface area (Å²) in [6.07, 6.45) is 1.75. The Kier molecular flexibility index (Phi) is 7.75. The molecule has 1 aromatic heterocycles. The molecule has 1 atom stereocenters. The van der Waals surface area contributed by atoms with E-state index in [0.29, 0.717) is 45.3 Å². The summed E-state index contributed by atoms with van der Waals surface area (Å²) in [4.78, 5) is 34.3. The first-order chi connectivity index (χ1) is 17.3. The monoisotopic (exact) mass is 503 g/mol. The summed E-state index contributed by atoms with van der Waals surface area (Å²) in [5, 5.41) is 0.950. The number of aromatic nitrogens is 2. The van der Waals surface area contributed by atoms with E-state index in [1.807, 2.05) is 55.1 Å². The zero-order valence-electron chi connectivity index (χ0n) is 21.0. The van der Waals surface area contributed by atoms with Crippen molar-refractivity contribution in [1.29, 1.82) is 0 Å². The smallest absolute Gasteiger partial charge is 0.266 e. The molecule has 36 heavy (non-hydrogen) atoms. The maximum atomic E-state index is 13.8. The number of nitrogens with zero attached hydrogens (tertiary/aromatic N) is 3. The lowest BCUT2D eigenvalue weighted by atomic mass is 10.1. The van der Waals surface area contributed by atoms with Gasteiger partial charge in [-0.25, -0.2) is 4.98 Å². The average Bonchev–Trinajstić information content (AvgIpc) is 2.88. The molecule has 0 N–H and O–H groups in total. The van der Waals surface area contributed by atoms with E-state index in [1.54, 1.807) is 42.0 Å². The van der Waals surface area contributed by atoms with Gasteiger partial charge in [0.1, 0.15) is 11.6 Å². The van der Waals surface area contributed by atoms with Gasteiger partial charge in [0.2, 0.25) is 0 Å². The Morgan fingerprint density at radius 3 is 2.50 bits per heavy atom. The molecule has 4 aromatic rings. The highest BCUT2D eigenvalue weighted by Crippen LogP contribution is 2.27. The molecular formula is C29H30ClN3O3. The predicted octanol–water partition coefficient (Wildman–Crippen LogP) is 6.36. The summed E-state index contributed by atoms with van der Waals surface area (Å²) in [7, 11) is 1.60. The summed E-state index contributed by atoms with van der Waals surface area (Å²) in [5.41, 5.74) is 2.47. The maximum Gasteiger partial charge on any atom is 0.266 e. The molecule has 0 aliphatic heterocycles. The average molecular weight is 504 g/mol. The van der Waals surface area contributed by atoms with Gasteiger partial charge in [-0.05, 0) is 74.4 Å². The maximum absolute atomic E-state index is 13.8. The molecule has 0 aliphatic rings. The van der Waals surface area contributed by atoms with Gasteiger partial charge in [0, 0.05) is 17.1 Å². The number of benzene rings is 3. The molecule has 0 spiro atoms. The van der Waals surface area contributed by atoms with Gasteiger partial charge in [-0.3, -0.25) is 14.2 Å². The van der Waals surface area contributed by atoms with Gasteiger partial charge in [-0.2, -0.15) is 0 Å². The van der Waals surface area contributed by atoms with E-state index in [0.717, 1.165) is 18.4 Å². The number of aryl methyl sites for hydroxylation is 1. The van der Waals surface area contributed by atoms with Crippen molar-refractivity contribution in [2.75, 3.05) is 13.7 Å². The first-order valence-corrected chi connectivity index (χ1v) is 12.5. The molecule has 0 fully saturated rings. The molecule has 0 radical (unpaired) electrons. The molecule has 4 rings (SSSR count). The zero-order chi connectivity index (χ0) is 25.8. The lowest BCUT2D eigenvalue weighted by Gasteiger charge is -2.31. The molecule has 186 valence electrons. The van der Waals surface area contributed by atoms with Gasteiger partial charge in [-0.15, -0.1) is 0 Å². The zero-order valence-corrected chi connectivity index (χ0v) is 21.7. The molecule has 1 heterocycles. The van der Waals surface area contributed by atoms with Crippen LogP contribution >= 0.6 is 11.6 Å². The number of carbonyl (C=O) groups is 1. The number of amides is 1. The standard InChI is InChI=1S/C29H30ClN3O3/c1-5-6-17-32(28(34)24-10-8-7-9-19(24)2)20(3)27-31-26-18-21(30)11-16-25(26)29(35)33(27)22-12-14-23(36-4)15-13-22/h7-16,18,20H,5-6,17H2,1-4H3. The third-order valence-corrected chi connectivity index (χ3v) is 6.65. The number of hydrogen-bond acceptors (Lipinski definition) is 4. The Hall–Kier alpha value is -3.64. The summed E-state index contributed by atoms with van der Waals surface area (Å²) in [6, 6.07) is 19.4. The number of methoxy groups -OCH3 is 1. The fourth-order valence-corrected chi connectivity index (χ4v) is 4.51. The summed E-state index contributed by atoms with van der Waals surface area (Å²) >= 11 is 6.24. The number of carbonyl (C=O) groups excluding carboxylic acids is 1. The Balaban J connectivity index is 1.92. The molecule has 1 unspecified atom stereocenters. The van der Waals surface area contributed by atoms with Crippen LogP contribution in [0.15, 0.2) is 71.5 Å². The second-order valence-corrected chi connectivity index (χ2v) is 9.25. The predicted molar refractivity (Wildman–Crippen MR) is 144 cm³/mol. The van der Waals surface area contributed by atoms with E-state index in [1.165, 1.54) is 0 Å². The van der Waals surface area contributed by atoms with Gasteiger partial charge in [0.25, 0.3) is 11.5 Å². The number of fused-ring (bicyclic) bond motifs is 1. The Morgan fingerprint density at radius 1 is 1.11 bits per heavy atom. The first-order valence-electron chi connectivity index (χ1n) is 12.1. The summed E-state index contributed by atoms with van der Waals surface area (Å²) in [6.45, 7) is 6.48. The molecule has 1 amide bonds. The molecule has 3 aromatic carbocycles. The topological polar surface area (TPSA) is 64.4 Å². The quantitative estimate of drug-likeness (QED) is 0.280. The molecular weight excluding hydrogens is 474 g/mol. The van der Waals surface area contributed by atoms with Crippen LogP contribution in [0.5, 0.6) is 5.75 Å². The molecule has 7 heteroatoms. The fraction of sp³-hybridized carbons (Fsp3) is 0.276. The van der Waals surface area contributed by atoms with E-state index >= 15 is 0 Å². The Bertz CT molecular complexity index is 1450. The lowest BCUT2D eigenvalue weighted by Crippen LogP contribution is -2.38. The highest BCUT2D eigenvalue weighted by atomic mass is 35.5. The van der Waals surface area contributed by atoms with Crippen LogP contribution in [0.25, 0.3) is 16.6 Å². The Morgan fingerprint density at radius 2 is 1.83 bits per heavy atom. The van der Waals surface area contributed by atoms with Gasteiger partial charge < -0.3 is 9.64 Å². The van der Waals surface area contributed by atoms with Crippen molar-refractivity contribution in [3.8, 4) is 11.4 Å². The minimum absolute atomic E-state index is 0.0872. The van der Waals surface area contributed by atoms with Crippen molar-refractivity contribution < 1.29 is 9.53 Å². The van der Waals surface area contributed by atoms with E-state index in [2.05, 4.69) is 6.92 Å². The largest absolute Gasteiger partial charge is 0.497 e. The summed E-state index contributed by atoms with van der Waals surface area (Å²) < 4.78 is 6.89. The van der Waals surface area contributed by atoms with Crippen LogP contribution in [-0.2, 0) is 0 Å². The van der Waals surface area contributed by atoms with E-state index in [9.17, 15) is 9.59 Å². The number of ether oxygens (including phenoxy) is 1. The van der Waals surface area contributed by atoms with Crippen molar-refractivity contribution in [3.05, 3.63) is 99.1 Å². The van der Waals surface area contributed by atoms with Gasteiger partial charge in [0.15, 0.2) is 0 Å². The van der Waals surface area contributed by atoms with E-state index in [4.69, 9.17) is 21.3 Å².